The molecule has 20 heavy (non-hydrogen) atoms. The maximum atomic E-state index is 10.7. The van der Waals surface area contributed by atoms with Crippen molar-refractivity contribution < 1.29 is 10.2 Å². The van der Waals surface area contributed by atoms with Crippen molar-refractivity contribution in [1.29, 1.82) is 0 Å². The van der Waals surface area contributed by atoms with Crippen LogP contribution in [0.1, 0.15) is 38.8 Å². The van der Waals surface area contributed by atoms with E-state index in [-0.39, 0.29) is 15.5 Å². The molecule has 4 heteroatoms. The maximum absolute atomic E-state index is 10.7. The molecule has 0 unspecified atom stereocenters. The highest BCUT2D eigenvalue weighted by molar-refractivity contribution is 8.16. The molecule has 0 aliphatic rings. The van der Waals surface area contributed by atoms with Crippen LogP contribution in [0.5, 0.6) is 0 Å². The minimum Gasteiger partial charge on any atom is -0.499 e. The molecule has 0 spiro atoms. The van der Waals surface area contributed by atoms with Gasteiger partial charge in [-0.05, 0) is 41.6 Å². The van der Waals surface area contributed by atoms with Gasteiger partial charge >= 0.3 is 0 Å². The van der Waals surface area contributed by atoms with Gasteiger partial charge in [-0.25, -0.2) is 0 Å². The Kier molecular flexibility index (Phi) is 6.86. The molecule has 0 radical (unpaired) electrons. The molecule has 0 aliphatic carbocycles. The Morgan fingerprint density at radius 3 is 1.85 bits per heavy atom. The average Bonchev–Trinajstić information content (AvgIpc) is 2.36. The van der Waals surface area contributed by atoms with Crippen LogP contribution in [0.15, 0.2) is 24.3 Å². The summed E-state index contributed by atoms with van der Waals surface area (Å²) in [6.45, 7) is 8.65. The first-order valence-electron chi connectivity index (χ1n) is 6.89. The van der Waals surface area contributed by atoms with Crippen molar-refractivity contribution in [3.8, 4) is 0 Å². The minimum absolute atomic E-state index is 0.162. The molecule has 0 fully saturated rings. The van der Waals surface area contributed by atoms with E-state index in [0.717, 1.165) is 11.5 Å². The summed E-state index contributed by atoms with van der Waals surface area (Å²) in [5.41, 5.74) is 1.22. The number of rotatable bonds is 6. The van der Waals surface area contributed by atoms with Crippen LogP contribution >= 0.6 is 22.7 Å². The molecule has 0 heterocycles. The van der Waals surface area contributed by atoms with Gasteiger partial charge in [0, 0.05) is 11.1 Å². The van der Waals surface area contributed by atoms with E-state index in [1.165, 1.54) is 0 Å². The summed E-state index contributed by atoms with van der Waals surface area (Å²) in [4.78, 5) is 0. The fourth-order valence-electron chi connectivity index (χ4n) is 2.04. The molecular weight excluding hydrogens is 288 g/mol. The lowest BCUT2D eigenvalue weighted by atomic mass is 10.1. The van der Waals surface area contributed by atoms with Crippen LogP contribution in [0.2, 0.25) is 0 Å². The van der Waals surface area contributed by atoms with Gasteiger partial charge in [0.05, 0.1) is 0 Å². The van der Waals surface area contributed by atoms with Crippen molar-refractivity contribution in [3.63, 3.8) is 0 Å². The Morgan fingerprint density at radius 2 is 1.45 bits per heavy atom. The van der Waals surface area contributed by atoms with Crippen LogP contribution in [0, 0.1) is 11.8 Å². The average molecular weight is 312 g/mol. The fourth-order valence-corrected chi connectivity index (χ4v) is 4.77. The van der Waals surface area contributed by atoms with Crippen molar-refractivity contribution >= 4 is 32.8 Å². The van der Waals surface area contributed by atoms with Crippen LogP contribution in [0.4, 0.5) is 0 Å². The second-order valence-corrected chi connectivity index (χ2v) is 8.20. The zero-order valence-electron chi connectivity index (χ0n) is 12.6. The number of hydrogen-bond donors (Lipinski definition) is 2. The molecule has 0 amide bonds. The number of aliphatic hydroxyl groups excluding tert-OH is 2. The third-order valence-corrected chi connectivity index (χ3v) is 5.86. The topological polar surface area (TPSA) is 40.5 Å². The molecule has 1 aromatic rings. The fraction of sp³-hybridized carbons (Fsp3) is 0.500. The summed E-state index contributed by atoms with van der Waals surface area (Å²) in [5.74, 6) is 2.95. The van der Waals surface area contributed by atoms with Gasteiger partial charge in [-0.2, -0.15) is 10.5 Å². The van der Waals surface area contributed by atoms with Gasteiger partial charge < -0.3 is 10.2 Å². The van der Waals surface area contributed by atoms with Crippen LogP contribution in [-0.4, -0.2) is 31.8 Å². The quantitative estimate of drug-likeness (QED) is 0.758. The number of benzene rings is 1. The van der Waals surface area contributed by atoms with E-state index in [0.29, 0.717) is 28.0 Å². The van der Waals surface area contributed by atoms with Crippen LogP contribution in [-0.2, 0) is 0 Å². The Morgan fingerprint density at radius 1 is 1.00 bits per heavy atom. The number of hydrogen-bond acceptors (Lipinski definition) is 1. The standard InChI is InChI=1S/C16H24O2S2/c1-11(2)9-20(10-12(3)4)16(18)14-8-6-5-7-13(14)15(17)19/h5-8,11-12,18H,9-10H2,1-4H3,(H,17,19). The predicted octanol–water partition coefficient (Wildman–Crippen LogP) is 4.54. The lowest BCUT2D eigenvalue weighted by molar-refractivity contribution is 0.562. The summed E-state index contributed by atoms with van der Waals surface area (Å²) in [5, 5.41) is 20.5. The molecule has 1 aromatic carbocycles. The molecule has 2 N–H and O–H groups in total. The molecule has 0 aromatic heterocycles. The molecule has 112 valence electrons. The Labute approximate surface area is 129 Å². The van der Waals surface area contributed by atoms with Crippen LogP contribution in [0.25, 0.3) is 0 Å². The molecule has 0 bridgehead atoms. The van der Waals surface area contributed by atoms with Gasteiger partial charge in [0.15, 0.2) is 5.05 Å². The van der Waals surface area contributed by atoms with E-state index in [1.807, 2.05) is 18.2 Å². The number of thiocarbonyl (C=S) groups is 1. The Balaban J connectivity index is 3.30. The first kappa shape index (κ1) is 17.3. The summed E-state index contributed by atoms with van der Waals surface area (Å²) >= 11 is 4.87. The molecular formula is C16H24O2S2. The highest BCUT2D eigenvalue weighted by atomic mass is 32.2. The smallest absolute Gasteiger partial charge is 0.189 e. The van der Waals surface area contributed by atoms with E-state index >= 15 is 0 Å². The lowest BCUT2D eigenvalue weighted by Gasteiger charge is -2.18. The van der Waals surface area contributed by atoms with Gasteiger partial charge in [-0.3, -0.25) is 0 Å². The van der Waals surface area contributed by atoms with Gasteiger partial charge in [-0.15, -0.1) is 0 Å². The van der Waals surface area contributed by atoms with E-state index in [9.17, 15) is 10.2 Å². The van der Waals surface area contributed by atoms with E-state index in [2.05, 4.69) is 27.7 Å². The predicted molar refractivity (Wildman–Crippen MR) is 94.5 cm³/mol. The van der Waals surface area contributed by atoms with Gasteiger partial charge in [-0.1, -0.05) is 45.9 Å². The first-order valence-corrected chi connectivity index (χ1v) is 8.86. The van der Waals surface area contributed by atoms with Crippen molar-refractivity contribution in [2.75, 3.05) is 11.5 Å². The summed E-state index contributed by atoms with van der Waals surface area (Å²) in [7, 11) is -0.206. The second-order valence-electron chi connectivity index (χ2n) is 5.77. The van der Waals surface area contributed by atoms with E-state index in [4.69, 9.17) is 12.2 Å². The zero-order valence-corrected chi connectivity index (χ0v) is 14.2. The van der Waals surface area contributed by atoms with E-state index in [1.54, 1.807) is 6.07 Å². The second kappa shape index (κ2) is 7.91. The highest BCUT2D eigenvalue weighted by Gasteiger charge is 2.14. The third kappa shape index (κ3) is 5.00. The molecule has 0 aliphatic heterocycles. The molecule has 0 saturated heterocycles. The van der Waals surface area contributed by atoms with E-state index < -0.39 is 0 Å². The van der Waals surface area contributed by atoms with Crippen molar-refractivity contribution in [1.82, 2.24) is 0 Å². The number of aliphatic hydroxyl groups is 2. The van der Waals surface area contributed by atoms with Crippen molar-refractivity contribution in [2.45, 2.75) is 27.7 Å². The zero-order chi connectivity index (χ0) is 15.3. The summed E-state index contributed by atoms with van der Waals surface area (Å²) < 4.78 is 0. The van der Waals surface area contributed by atoms with Gasteiger partial charge in [0.1, 0.15) is 5.05 Å². The lowest BCUT2D eigenvalue weighted by Crippen LogP contribution is -2.13. The minimum atomic E-state index is -0.206. The monoisotopic (exact) mass is 312 g/mol. The van der Waals surface area contributed by atoms with Gasteiger partial charge in [0.25, 0.3) is 0 Å². The normalized spacial score (nSPS) is 11.4. The molecule has 2 nitrogen and oxygen atoms in total. The Hall–Kier alpha value is -0.710. The molecule has 0 saturated carbocycles. The van der Waals surface area contributed by atoms with Crippen LogP contribution in [0.3, 0.4) is 0 Å². The van der Waals surface area contributed by atoms with Crippen LogP contribution < -0.4 is 0 Å². The maximum Gasteiger partial charge on any atom is 0.189 e. The van der Waals surface area contributed by atoms with Gasteiger partial charge in [0.2, 0.25) is 0 Å². The first-order chi connectivity index (χ1) is 9.32. The SMILES string of the molecule is CC(C)CS(CC(C)C)=C(O)c1ccccc1C(O)=S. The van der Waals surface area contributed by atoms with Crippen molar-refractivity contribution in [2.24, 2.45) is 11.8 Å². The summed E-state index contributed by atoms with van der Waals surface area (Å²) in [6, 6.07) is 7.26. The third-order valence-electron chi connectivity index (χ3n) is 2.73. The highest BCUT2D eigenvalue weighted by Crippen LogP contribution is 2.26. The largest absolute Gasteiger partial charge is 0.499 e. The Bertz CT molecular complexity index is 493. The molecule has 1 rings (SSSR count). The molecule has 0 atom stereocenters. The van der Waals surface area contributed by atoms with Crippen molar-refractivity contribution in [3.05, 3.63) is 35.4 Å². The summed E-state index contributed by atoms with van der Waals surface area (Å²) in [6.07, 6.45) is 0.